The van der Waals surface area contributed by atoms with E-state index in [4.69, 9.17) is 34.8 Å². The van der Waals surface area contributed by atoms with Crippen molar-refractivity contribution in [3.05, 3.63) is 28.0 Å². The minimum Gasteiger partial charge on any atom is -0.293 e. The molecule has 12 heavy (non-hydrogen) atoms. The topological polar surface area (TPSA) is 30.0 Å². The van der Waals surface area contributed by atoms with Crippen LogP contribution in [0.4, 0.5) is 0 Å². The van der Waals surface area contributed by atoms with Crippen LogP contribution in [0, 0.1) is 0 Å². The van der Waals surface area contributed by atoms with Gasteiger partial charge in [-0.2, -0.15) is 0 Å². The lowest BCUT2D eigenvalue weighted by molar-refractivity contribution is 0.102. The molecule has 0 aromatic carbocycles. The van der Waals surface area contributed by atoms with Gasteiger partial charge < -0.3 is 0 Å². The molecule has 0 saturated carbocycles. The molecule has 0 N–H and O–H groups in total. The number of nitrogens with zero attached hydrogens (tertiary/aromatic N) is 1. The van der Waals surface area contributed by atoms with Gasteiger partial charge in [-0.15, -0.1) is 11.6 Å². The van der Waals surface area contributed by atoms with Gasteiger partial charge >= 0.3 is 0 Å². The average molecular weight is 224 g/mol. The number of hydrogen-bond donors (Lipinski definition) is 0. The molecular formula is C7H4Cl3NO. The summed E-state index contributed by atoms with van der Waals surface area (Å²) in [7, 11) is 0. The number of rotatable bonds is 2. The molecule has 0 fully saturated rings. The normalized spacial score (nSPS) is 9.92. The molecule has 5 heteroatoms. The number of pyridine rings is 1. The first-order valence-corrected chi connectivity index (χ1v) is 4.35. The number of halogens is 3. The average Bonchev–Trinajstić information content (AvgIpc) is 2.03. The second-order valence-corrected chi connectivity index (χ2v) is 3.04. The van der Waals surface area contributed by atoms with Crippen molar-refractivity contribution in [1.82, 2.24) is 4.98 Å². The van der Waals surface area contributed by atoms with Crippen molar-refractivity contribution in [3.8, 4) is 0 Å². The predicted octanol–water partition coefficient (Wildman–Crippen LogP) is 2.81. The molecule has 1 aromatic heterocycles. The van der Waals surface area contributed by atoms with Crippen LogP contribution in [0.5, 0.6) is 0 Å². The van der Waals surface area contributed by atoms with Crippen LogP contribution >= 0.6 is 34.8 Å². The zero-order chi connectivity index (χ0) is 9.14. The Morgan fingerprint density at radius 2 is 2.08 bits per heavy atom. The van der Waals surface area contributed by atoms with Gasteiger partial charge in [-0.1, -0.05) is 23.2 Å². The molecule has 1 aromatic rings. The van der Waals surface area contributed by atoms with E-state index in [-0.39, 0.29) is 22.0 Å². The van der Waals surface area contributed by atoms with Crippen molar-refractivity contribution in [3.63, 3.8) is 0 Å². The number of Topliss-reactive ketones (excluding diaryl/α,β-unsaturated/α-hetero) is 1. The molecule has 0 spiro atoms. The Labute approximate surface area is 84.5 Å². The molecule has 2 nitrogen and oxygen atoms in total. The van der Waals surface area contributed by atoms with Crippen LogP contribution < -0.4 is 0 Å². The molecule has 0 aliphatic heterocycles. The monoisotopic (exact) mass is 223 g/mol. The van der Waals surface area contributed by atoms with Crippen LogP contribution in [0.15, 0.2) is 12.1 Å². The number of carbonyl (C=O) groups is 1. The molecule has 0 bridgehead atoms. The number of hydrogen-bond acceptors (Lipinski definition) is 2. The Hall–Kier alpha value is -0.310. The van der Waals surface area contributed by atoms with E-state index in [1.807, 2.05) is 0 Å². The van der Waals surface area contributed by atoms with Crippen molar-refractivity contribution in [1.29, 1.82) is 0 Å². The summed E-state index contributed by atoms with van der Waals surface area (Å²) in [6.07, 6.45) is 0. The van der Waals surface area contributed by atoms with Crippen LogP contribution in [0.2, 0.25) is 10.3 Å². The molecule has 64 valence electrons. The first kappa shape index (κ1) is 9.78. The SMILES string of the molecule is O=C(CCl)c1ccc(Cl)nc1Cl. The number of ketones is 1. The maximum Gasteiger partial charge on any atom is 0.180 e. The number of aromatic nitrogens is 1. The summed E-state index contributed by atoms with van der Waals surface area (Å²) in [6, 6.07) is 3.00. The van der Waals surface area contributed by atoms with Crippen molar-refractivity contribution in [2.24, 2.45) is 0 Å². The minimum absolute atomic E-state index is 0.0909. The second kappa shape index (κ2) is 4.08. The standard InChI is InChI=1S/C7H4Cl3NO/c8-3-5(12)4-1-2-6(9)11-7(4)10/h1-2H,3H2. The molecular weight excluding hydrogens is 220 g/mol. The molecule has 1 rings (SSSR count). The second-order valence-electron chi connectivity index (χ2n) is 2.03. The van der Waals surface area contributed by atoms with Gasteiger partial charge in [0.15, 0.2) is 5.78 Å². The van der Waals surface area contributed by atoms with E-state index in [1.165, 1.54) is 12.1 Å². The lowest BCUT2D eigenvalue weighted by Crippen LogP contribution is -2.02. The molecule has 0 saturated heterocycles. The van der Waals surface area contributed by atoms with E-state index in [2.05, 4.69) is 4.98 Å². The fourth-order valence-electron chi connectivity index (χ4n) is 0.692. The molecule has 0 atom stereocenters. The zero-order valence-corrected chi connectivity index (χ0v) is 8.12. The highest BCUT2D eigenvalue weighted by atomic mass is 35.5. The summed E-state index contributed by atoms with van der Waals surface area (Å²) in [5.41, 5.74) is 0.302. The van der Waals surface area contributed by atoms with Crippen LogP contribution in [0.1, 0.15) is 10.4 Å². The van der Waals surface area contributed by atoms with Gasteiger partial charge in [0.1, 0.15) is 10.3 Å². The van der Waals surface area contributed by atoms with Crippen LogP contribution in [-0.2, 0) is 0 Å². The summed E-state index contributed by atoms with van der Waals surface area (Å²) < 4.78 is 0. The Kier molecular flexibility index (Phi) is 3.32. The quantitative estimate of drug-likeness (QED) is 0.439. The van der Waals surface area contributed by atoms with Gasteiger partial charge in [0.25, 0.3) is 0 Å². The molecule has 0 amide bonds. The number of carbonyl (C=O) groups excluding carboxylic acids is 1. The Balaban J connectivity index is 3.09. The molecule has 0 unspecified atom stereocenters. The van der Waals surface area contributed by atoms with E-state index in [0.29, 0.717) is 5.56 Å². The molecule has 0 aliphatic rings. The highest BCUT2D eigenvalue weighted by Gasteiger charge is 2.09. The molecule has 0 aliphatic carbocycles. The first-order valence-electron chi connectivity index (χ1n) is 3.06. The Morgan fingerprint density at radius 3 is 2.58 bits per heavy atom. The third-order valence-electron chi connectivity index (χ3n) is 1.24. The van der Waals surface area contributed by atoms with E-state index in [1.54, 1.807) is 0 Å². The summed E-state index contributed by atoms with van der Waals surface area (Å²) in [4.78, 5) is 14.7. The van der Waals surface area contributed by atoms with Crippen molar-refractivity contribution in [2.75, 3.05) is 5.88 Å². The van der Waals surface area contributed by atoms with Crippen LogP contribution in [0.25, 0.3) is 0 Å². The Bertz CT molecular complexity index is 314. The maximum atomic E-state index is 11.0. The minimum atomic E-state index is -0.258. The highest BCUT2D eigenvalue weighted by Crippen LogP contribution is 2.17. The fourth-order valence-corrected chi connectivity index (χ4v) is 1.29. The van der Waals surface area contributed by atoms with Crippen molar-refractivity contribution < 1.29 is 4.79 Å². The van der Waals surface area contributed by atoms with E-state index < -0.39 is 0 Å². The van der Waals surface area contributed by atoms with E-state index in [0.717, 1.165) is 0 Å². The largest absolute Gasteiger partial charge is 0.293 e. The number of alkyl halides is 1. The van der Waals surface area contributed by atoms with Crippen LogP contribution in [0.3, 0.4) is 0 Å². The lowest BCUT2D eigenvalue weighted by Gasteiger charge is -1.98. The Morgan fingerprint density at radius 1 is 1.42 bits per heavy atom. The third kappa shape index (κ3) is 2.09. The highest BCUT2D eigenvalue weighted by molar-refractivity contribution is 6.37. The predicted molar refractivity (Wildman–Crippen MR) is 49.3 cm³/mol. The van der Waals surface area contributed by atoms with Crippen molar-refractivity contribution in [2.45, 2.75) is 0 Å². The van der Waals surface area contributed by atoms with Gasteiger partial charge in [-0.3, -0.25) is 4.79 Å². The van der Waals surface area contributed by atoms with E-state index >= 15 is 0 Å². The molecule has 0 radical (unpaired) electrons. The summed E-state index contributed by atoms with van der Waals surface area (Å²) in [5, 5.41) is 0.347. The molecule has 1 heterocycles. The van der Waals surface area contributed by atoms with Gasteiger partial charge in [-0.25, -0.2) is 4.98 Å². The first-order chi connectivity index (χ1) is 5.65. The van der Waals surface area contributed by atoms with Crippen LogP contribution in [-0.4, -0.2) is 16.6 Å². The van der Waals surface area contributed by atoms with Gasteiger partial charge in [0.05, 0.1) is 11.4 Å². The summed E-state index contributed by atoms with van der Waals surface area (Å²) in [6.45, 7) is 0. The van der Waals surface area contributed by atoms with E-state index in [9.17, 15) is 4.79 Å². The maximum absolute atomic E-state index is 11.0. The van der Waals surface area contributed by atoms with Crippen molar-refractivity contribution >= 4 is 40.6 Å². The zero-order valence-electron chi connectivity index (χ0n) is 5.85. The lowest BCUT2D eigenvalue weighted by atomic mass is 10.2. The third-order valence-corrected chi connectivity index (χ3v) is 1.98. The smallest absolute Gasteiger partial charge is 0.180 e. The summed E-state index contributed by atoms with van der Waals surface area (Å²) in [5.74, 6) is -0.367. The fraction of sp³-hybridized carbons (Fsp3) is 0.143. The van der Waals surface area contributed by atoms with Gasteiger partial charge in [0.2, 0.25) is 0 Å². The van der Waals surface area contributed by atoms with Gasteiger partial charge in [-0.05, 0) is 12.1 Å². The van der Waals surface area contributed by atoms with Gasteiger partial charge in [0, 0.05) is 0 Å². The summed E-state index contributed by atoms with van der Waals surface area (Å²) >= 11 is 16.5.